The summed E-state index contributed by atoms with van der Waals surface area (Å²) in [6.07, 6.45) is 0. The van der Waals surface area contributed by atoms with E-state index in [1.54, 1.807) is 43.5 Å². The van der Waals surface area contributed by atoms with Crippen molar-refractivity contribution in [3.05, 3.63) is 88.5 Å². The molecule has 1 amide bonds. The Kier molecular flexibility index (Phi) is 5.97. The van der Waals surface area contributed by atoms with E-state index >= 15 is 0 Å². The molecule has 1 N–H and O–H groups in total. The molecule has 1 aliphatic heterocycles. The Morgan fingerprint density at radius 3 is 2.44 bits per heavy atom. The minimum Gasteiger partial charge on any atom is -0.507 e. The van der Waals surface area contributed by atoms with Crippen LogP contribution in [0.15, 0.2) is 66.2 Å². The van der Waals surface area contributed by atoms with Crippen LogP contribution in [0.2, 0.25) is 0 Å². The van der Waals surface area contributed by atoms with E-state index in [0.717, 1.165) is 21.3 Å². The number of nitrogens with zero attached hydrogens (tertiary/aromatic N) is 2. The number of amides is 1. The molecule has 8 heteroatoms. The fourth-order valence-electron chi connectivity index (χ4n) is 4.52. The zero-order chi connectivity index (χ0) is 25.6. The van der Waals surface area contributed by atoms with Gasteiger partial charge in [0.25, 0.3) is 5.78 Å². The molecule has 4 aromatic rings. The number of methoxy groups -OCH3 is 2. The molecular formula is C28H24N2O5S. The summed E-state index contributed by atoms with van der Waals surface area (Å²) < 4.78 is 11.8. The number of benzene rings is 3. The molecule has 1 saturated heterocycles. The van der Waals surface area contributed by atoms with Crippen LogP contribution in [0, 0.1) is 13.8 Å². The molecule has 3 aromatic carbocycles. The second-order valence-corrected chi connectivity index (χ2v) is 9.57. The fourth-order valence-corrected chi connectivity index (χ4v) is 5.61. The normalized spacial score (nSPS) is 17.1. The number of hydrogen-bond donors (Lipinski definition) is 1. The van der Waals surface area contributed by atoms with Gasteiger partial charge in [0.15, 0.2) is 5.13 Å². The van der Waals surface area contributed by atoms with Crippen LogP contribution in [0.4, 0.5) is 5.13 Å². The van der Waals surface area contributed by atoms with Crippen molar-refractivity contribution < 1.29 is 24.2 Å². The van der Waals surface area contributed by atoms with Crippen LogP contribution in [0.1, 0.15) is 28.3 Å². The fraction of sp³-hybridized carbons (Fsp3) is 0.179. The average molecular weight is 501 g/mol. The highest BCUT2D eigenvalue weighted by Gasteiger charge is 2.49. The molecular weight excluding hydrogens is 476 g/mol. The van der Waals surface area contributed by atoms with Crippen LogP contribution in [-0.2, 0) is 9.59 Å². The van der Waals surface area contributed by atoms with Crippen LogP contribution < -0.4 is 14.4 Å². The molecule has 1 aromatic heterocycles. The Labute approximate surface area is 212 Å². The minimum atomic E-state index is -0.926. The Morgan fingerprint density at radius 2 is 1.72 bits per heavy atom. The maximum absolute atomic E-state index is 13.5. The number of ketones is 1. The molecule has 0 bridgehead atoms. The van der Waals surface area contributed by atoms with Gasteiger partial charge in [-0.3, -0.25) is 14.5 Å². The van der Waals surface area contributed by atoms with E-state index in [2.05, 4.69) is 4.98 Å². The monoisotopic (exact) mass is 500 g/mol. The molecule has 182 valence electrons. The maximum atomic E-state index is 13.5. The van der Waals surface area contributed by atoms with Gasteiger partial charge in [-0.15, -0.1) is 0 Å². The summed E-state index contributed by atoms with van der Waals surface area (Å²) in [5.41, 5.74) is 3.53. The van der Waals surface area contributed by atoms with Gasteiger partial charge >= 0.3 is 5.91 Å². The lowest BCUT2D eigenvalue weighted by Gasteiger charge is -2.24. The number of carbonyl (C=O) groups excluding carboxylic acids is 2. The first kappa shape index (κ1) is 23.6. The van der Waals surface area contributed by atoms with E-state index in [0.29, 0.717) is 27.8 Å². The van der Waals surface area contributed by atoms with Crippen LogP contribution in [0.5, 0.6) is 11.5 Å². The van der Waals surface area contributed by atoms with Crippen molar-refractivity contribution in [3.8, 4) is 11.5 Å². The topological polar surface area (TPSA) is 89.0 Å². The predicted octanol–water partition coefficient (Wildman–Crippen LogP) is 5.56. The lowest BCUT2D eigenvalue weighted by Crippen LogP contribution is -2.29. The number of aryl methyl sites for hydroxylation is 2. The molecule has 7 nitrogen and oxygen atoms in total. The SMILES string of the molecule is COc1ccc(/C(O)=C2\C(=O)C(=O)N(c3nc4ccc(C)cc4s3)[C@H]2c2ccccc2OC)cc1C. The van der Waals surface area contributed by atoms with Crippen molar-refractivity contribution >= 4 is 44.1 Å². The Morgan fingerprint density at radius 1 is 0.972 bits per heavy atom. The third-order valence-corrected chi connectivity index (χ3v) is 7.30. The van der Waals surface area contributed by atoms with Crippen LogP contribution in [-0.4, -0.2) is 36.0 Å². The largest absolute Gasteiger partial charge is 0.507 e. The van der Waals surface area contributed by atoms with Crippen LogP contribution in [0.3, 0.4) is 0 Å². The van der Waals surface area contributed by atoms with Gasteiger partial charge in [-0.1, -0.05) is 35.6 Å². The van der Waals surface area contributed by atoms with Gasteiger partial charge in [0.1, 0.15) is 23.3 Å². The number of Topliss-reactive ketones (excluding diaryl/α,β-unsaturated/α-hetero) is 1. The van der Waals surface area contributed by atoms with Gasteiger partial charge in [0.2, 0.25) is 0 Å². The minimum absolute atomic E-state index is 0.0236. The van der Waals surface area contributed by atoms with E-state index in [9.17, 15) is 14.7 Å². The second kappa shape index (κ2) is 9.13. The summed E-state index contributed by atoms with van der Waals surface area (Å²) >= 11 is 1.32. The first-order valence-corrected chi connectivity index (χ1v) is 12.1. The highest BCUT2D eigenvalue weighted by Crippen LogP contribution is 2.46. The van der Waals surface area contributed by atoms with E-state index in [1.807, 2.05) is 38.1 Å². The molecule has 1 fully saturated rings. The maximum Gasteiger partial charge on any atom is 0.301 e. The van der Waals surface area contributed by atoms with Crippen LogP contribution >= 0.6 is 11.3 Å². The first-order valence-electron chi connectivity index (χ1n) is 11.3. The number of aromatic nitrogens is 1. The summed E-state index contributed by atoms with van der Waals surface area (Å²) in [5.74, 6) is -0.670. The van der Waals surface area contributed by atoms with Gasteiger partial charge < -0.3 is 14.6 Å². The lowest BCUT2D eigenvalue weighted by molar-refractivity contribution is -0.132. The van der Waals surface area contributed by atoms with E-state index < -0.39 is 17.7 Å². The molecule has 0 unspecified atom stereocenters. The lowest BCUT2D eigenvalue weighted by atomic mass is 9.94. The number of hydrogen-bond acceptors (Lipinski definition) is 7. The molecule has 0 spiro atoms. The predicted molar refractivity (Wildman–Crippen MR) is 140 cm³/mol. The third-order valence-electron chi connectivity index (χ3n) is 6.28. The van der Waals surface area contributed by atoms with Gasteiger partial charge in [-0.05, 0) is 61.4 Å². The van der Waals surface area contributed by atoms with Crippen molar-refractivity contribution in [1.82, 2.24) is 4.98 Å². The number of anilines is 1. The highest BCUT2D eigenvalue weighted by atomic mass is 32.1. The van der Waals surface area contributed by atoms with Gasteiger partial charge in [0.05, 0.1) is 30.0 Å². The molecule has 5 rings (SSSR count). The van der Waals surface area contributed by atoms with E-state index in [-0.39, 0.29) is 11.3 Å². The smallest absolute Gasteiger partial charge is 0.301 e. The van der Waals surface area contributed by atoms with Gasteiger partial charge in [-0.2, -0.15) is 0 Å². The molecule has 0 aliphatic carbocycles. The Bertz CT molecular complexity index is 1550. The van der Waals surface area contributed by atoms with E-state index in [1.165, 1.54) is 23.3 Å². The number of aliphatic hydroxyl groups excluding tert-OH is 1. The number of fused-ring (bicyclic) bond motifs is 1. The number of para-hydroxylation sites is 1. The molecule has 1 aliphatic rings. The van der Waals surface area contributed by atoms with E-state index in [4.69, 9.17) is 9.47 Å². The quantitative estimate of drug-likeness (QED) is 0.219. The number of rotatable bonds is 5. The van der Waals surface area contributed by atoms with Gasteiger partial charge in [0, 0.05) is 11.1 Å². The Hall–Kier alpha value is -4.17. The summed E-state index contributed by atoms with van der Waals surface area (Å²) in [6, 6.07) is 17.2. The highest BCUT2D eigenvalue weighted by molar-refractivity contribution is 7.22. The van der Waals surface area contributed by atoms with Crippen molar-refractivity contribution in [2.45, 2.75) is 19.9 Å². The number of thiazole rings is 1. The molecule has 36 heavy (non-hydrogen) atoms. The molecule has 0 radical (unpaired) electrons. The summed E-state index contributed by atoms with van der Waals surface area (Å²) in [5, 5.41) is 11.8. The van der Waals surface area contributed by atoms with Crippen molar-refractivity contribution in [1.29, 1.82) is 0 Å². The van der Waals surface area contributed by atoms with Crippen molar-refractivity contribution in [3.63, 3.8) is 0 Å². The zero-order valence-corrected chi connectivity index (χ0v) is 21.1. The van der Waals surface area contributed by atoms with Gasteiger partial charge in [-0.25, -0.2) is 4.98 Å². The molecule has 1 atom stereocenters. The number of aliphatic hydroxyl groups is 1. The third kappa shape index (κ3) is 3.79. The summed E-state index contributed by atoms with van der Waals surface area (Å²) in [6.45, 7) is 3.83. The summed E-state index contributed by atoms with van der Waals surface area (Å²) in [4.78, 5) is 33.0. The zero-order valence-electron chi connectivity index (χ0n) is 20.2. The standard InChI is InChI=1S/C28H24N2O5S/c1-15-9-11-19-22(13-15)36-28(29-19)30-24(18-7-5-6-8-21(18)35-4)23(26(32)27(30)33)25(31)17-10-12-20(34-3)16(2)14-17/h5-14,24,31H,1-4H3/b25-23+/t24-/m0/s1. The number of carbonyl (C=O) groups is 2. The molecule has 2 heterocycles. The molecule has 0 saturated carbocycles. The van der Waals surface area contributed by atoms with Crippen LogP contribution in [0.25, 0.3) is 16.0 Å². The van der Waals surface area contributed by atoms with Crippen molar-refractivity contribution in [2.24, 2.45) is 0 Å². The first-order chi connectivity index (χ1) is 17.3. The van der Waals surface area contributed by atoms with Crippen molar-refractivity contribution in [2.75, 3.05) is 19.1 Å². The number of ether oxygens (including phenoxy) is 2. The average Bonchev–Trinajstić information content (AvgIpc) is 3.41. The Balaban J connectivity index is 1.75. The summed E-state index contributed by atoms with van der Waals surface area (Å²) in [7, 11) is 3.09. The second-order valence-electron chi connectivity index (χ2n) is 8.56.